The topological polar surface area (TPSA) is 52.7 Å². The molecule has 0 bridgehead atoms. The molecule has 1 aromatic heterocycles. The second kappa shape index (κ2) is 12.0. The molecule has 0 amide bonds. The molecule has 0 unspecified atom stereocenters. The van der Waals surface area contributed by atoms with Gasteiger partial charge in [-0.25, -0.2) is 4.98 Å². The summed E-state index contributed by atoms with van der Waals surface area (Å²) in [6, 6.07) is 8.00. The summed E-state index contributed by atoms with van der Waals surface area (Å²) in [5.74, 6) is 1.24. The van der Waals surface area contributed by atoms with E-state index in [9.17, 15) is 0 Å². The molecule has 0 aliphatic rings. The highest BCUT2D eigenvalue weighted by molar-refractivity contribution is 5.82. The van der Waals surface area contributed by atoms with Crippen LogP contribution in [0.15, 0.2) is 55.0 Å². The summed E-state index contributed by atoms with van der Waals surface area (Å²) in [6.45, 7) is 17.0. The van der Waals surface area contributed by atoms with Crippen LogP contribution in [0.5, 0.6) is 0 Å². The van der Waals surface area contributed by atoms with Crippen LogP contribution in [0.4, 0.5) is 0 Å². The number of hydrogen-bond donors (Lipinski definition) is 3. The van der Waals surface area contributed by atoms with Crippen LogP contribution in [0.3, 0.4) is 0 Å². The number of nitrogens with zero attached hydrogens (tertiary/aromatic N) is 1. The van der Waals surface area contributed by atoms with Crippen molar-refractivity contribution >= 4 is 16.6 Å². The molecule has 0 aliphatic heterocycles. The number of rotatable bonds is 10. The average molecular weight is 369 g/mol. The van der Waals surface area contributed by atoms with Crippen LogP contribution in [0, 0.1) is 5.92 Å². The summed E-state index contributed by atoms with van der Waals surface area (Å²) < 4.78 is 0. The maximum atomic E-state index is 4.65. The first-order valence-electron chi connectivity index (χ1n) is 10.1. The molecule has 0 fully saturated rings. The van der Waals surface area contributed by atoms with Crippen LogP contribution in [-0.2, 0) is 0 Å². The highest BCUT2D eigenvalue weighted by atomic mass is 15.0. The van der Waals surface area contributed by atoms with Gasteiger partial charge in [-0.1, -0.05) is 65.8 Å². The van der Waals surface area contributed by atoms with Crippen LogP contribution in [0.25, 0.3) is 16.6 Å². The van der Waals surface area contributed by atoms with Crippen molar-refractivity contribution in [2.24, 2.45) is 5.92 Å². The molecule has 0 saturated heterocycles. The Morgan fingerprint density at radius 3 is 2.33 bits per heavy atom. The number of fused-ring (bicyclic) bond motifs is 1. The lowest BCUT2D eigenvalue weighted by Gasteiger charge is -2.22. The van der Waals surface area contributed by atoms with E-state index in [0.717, 1.165) is 59.5 Å². The van der Waals surface area contributed by atoms with Crippen molar-refractivity contribution in [2.45, 2.75) is 53.4 Å². The van der Waals surface area contributed by atoms with E-state index >= 15 is 0 Å². The minimum atomic E-state index is 0.471. The van der Waals surface area contributed by atoms with Crippen LogP contribution in [0.2, 0.25) is 0 Å². The third-order valence-corrected chi connectivity index (χ3v) is 4.35. The zero-order chi connectivity index (χ0) is 20.2. The minimum absolute atomic E-state index is 0.471. The lowest BCUT2D eigenvalue weighted by atomic mass is 9.95. The number of para-hydroxylation sites is 2. The van der Waals surface area contributed by atoms with E-state index in [0.29, 0.717) is 5.92 Å². The molecular weight excluding hydrogens is 332 g/mol. The first-order chi connectivity index (χ1) is 13.1. The van der Waals surface area contributed by atoms with Gasteiger partial charge in [0.05, 0.1) is 16.7 Å². The Hall–Kier alpha value is -2.49. The smallest absolute Gasteiger partial charge is 0.140 e. The van der Waals surface area contributed by atoms with Gasteiger partial charge in [0.25, 0.3) is 0 Å². The molecule has 0 spiro atoms. The molecular formula is C23H36N4. The van der Waals surface area contributed by atoms with Gasteiger partial charge in [0.1, 0.15) is 5.82 Å². The van der Waals surface area contributed by atoms with E-state index in [1.54, 1.807) is 0 Å². The summed E-state index contributed by atoms with van der Waals surface area (Å²) >= 11 is 0. The summed E-state index contributed by atoms with van der Waals surface area (Å²) in [6.07, 6.45) is 6.50. The number of imidazole rings is 1. The van der Waals surface area contributed by atoms with E-state index in [1.165, 1.54) is 0 Å². The Bertz CT molecular complexity index is 716. The lowest BCUT2D eigenvalue weighted by molar-refractivity contribution is 0.486. The van der Waals surface area contributed by atoms with Gasteiger partial charge in [-0.2, -0.15) is 0 Å². The summed E-state index contributed by atoms with van der Waals surface area (Å²) in [5, 5.41) is 6.57. The van der Waals surface area contributed by atoms with Crippen molar-refractivity contribution in [3.05, 3.63) is 60.8 Å². The van der Waals surface area contributed by atoms with E-state index < -0.39 is 0 Å². The molecule has 1 heterocycles. The number of allylic oxidation sites excluding steroid dienone is 2. The first-order valence-corrected chi connectivity index (χ1v) is 10.1. The Morgan fingerprint density at radius 2 is 1.78 bits per heavy atom. The number of aromatic nitrogens is 2. The van der Waals surface area contributed by atoms with Crippen LogP contribution < -0.4 is 10.6 Å². The van der Waals surface area contributed by atoms with Gasteiger partial charge in [0.2, 0.25) is 0 Å². The number of H-pyrrole nitrogens is 1. The monoisotopic (exact) mass is 368 g/mol. The normalized spacial score (nSPS) is 11.1. The van der Waals surface area contributed by atoms with Crippen molar-refractivity contribution in [2.75, 3.05) is 7.05 Å². The molecule has 2 aromatic rings. The van der Waals surface area contributed by atoms with E-state index in [1.807, 2.05) is 51.4 Å². The van der Waals surface area contributed by atoms with Crippen molar-refractivity contribution in [3.63, 3.8) is 0 Å². The van der Waals surface area contributed by atoms with Crippen LogP contribution >= 0.6 is 0 Å². The van der Waals surface area contributed by atoms with Crippen molar-refractivity contribution in [1.82, 2.24) is 20.6 Å². The number of benzene rings is 1. The average Bonchev–Trinajstić information content (AvgIpc) is 3.12. The number of hydrogen-bond acceptors (Lipinski definition) is 3. The second-order valence-electron chi connectivity index (χ2n) is 6.35. The summed E-state index contributed by atoms with van der Waals surface area (Å²) in [5.41, 5.74) is 4.71. The second-order valence-corrected chi connectivity index (χ2v) is 6.35. The maximum absolute atomic E-state index is 4.65. The quantitative estimate of drug-likeness (QED) is 0.452. The van der Waals surface area contributed by atoms with Gasteiger partial charge < -0.3 is 15.6 Å². The van der Waals surface area contributed by atoms with Crippen molar-refractivity contribution in [1.29, 1.82) is 0 Å². The molecule has 0 aliphatic carbocycles. The predicted molar refractivity (Wildman–Crippen MR) is 119 cm³/mol. The van der Waals surface area contributed by atoms with Gasteiger partial charge in [-0.05, 0) is 30.9 Å². The van der Waals surface area contributed by atoms with E-state index in [-0.39, 0.29) is 0 Å². The van der Waals surface area contributed by atoms with Gasteiger partial charge in [-0.15, -0.1) is 0 Å². The fraction of sp³-hybridized carbons (Fsp3) is 0.435. The van der Waals surface area contributed by atoms with Crippen LogP contribution in [-0.4, -0.2) is 17.0 Å². The molecule has 4 heteroatoms. The molecule has 27 heavy (non-hydrogen) atoms. The highest BCUT2D eigenvalue weighted by Gasteiger charge is 2.15. The van der Waals surface area contributed by atoms with Gasteiger partial charge >= 0.3 is 0 Å². The minimum Gasteiger partial charge on any atom is -0.392 e. The largest absolute Gasteiger partial charge is 0.392 e. The fourth-order valence-electron chi connectivity index (χ4n) is 3.03. The molecule has 1 aromatic carbocycles. The Balaban J connectivity index is 0.00000176. The first kappa shape index (κ1) is 22.6. The van der Waals surface area contributed by atoms with Gasteiger partial charge in [-0.3, -0.25) is 0 Å². The van der Waals surface area contributed by atoms with E-state index in [4.69, 9.17) is 0 Å². The molecule has 0 atom stereocenters. The molecule has 4 nitrogen and oxygen atoms in total. The Kier molecular flexibility index (Phi) is 10.0. The molecule has 2 rings (SSSR count). The van der Waals surface area contributed by atoms with Crippen LogP contribution in [0.1, 0.15) is 59.2 Å². The predicted octanol–water partition coefficient (Wildman–Crippen LogP) is 5.98. The Morgan fingerprint density at radius 1 is 1.15 bits per heavy atom. The molecule has 148 valence electrons. The molecule has 3 N–H and O–H groups in total. The lowest BCUT2D eigenvalue weighted by Crippen LogP contribution is -2.21. The standard InChI is InChI=1S/C21H30N4.C2H6/c1-6-10-17(11-7-2)16(4)23-20(14-22-5)15(3)21-24-18-12-8-9-13-19(18)25-21;1-2/h8-9,12-14,17,22-23H,3-4,6-7,10-11H2,1-2,5H3,(H,24,25);1-2H3/b20-14+;. The van der Waals surface area contributed by atoms with E-state index in [2.05, 4.69) is 47.6 Å². The third kappa shape index (κ3) is 6.31. The Labute approximate surface area is 164 Å². The van der Waals surface area contributed by atoms with Gasteiger partial charge in [0, 0.05) is 24.5 Å². The highest BCUT2D eigenvalue weighted by Crippen LogP contribution is 2.24. The van der Waals surface area contributed by atoms with Crippen molar-refractivity contribution < 1.29 is 0 Å². The maximum Gasteiger partial charge on any atom is 0.140 e. The fourth-order valence-corrected chi connectivity index (χ4v) is 3.03. The molecule has 0 saturated carbocycles. The zero-order valence-corrected chi connectivity index (χ0v) is 17.7. The van der Waals surface area contributed by atoms with Crippen molar-refractivity contribution in [3.8, 4) is 0 Å². The summed E-state index contributed by atoms with van der Waals surface area (Å²) in [7, 11) is 1.88. The van der Waals surface area contributed by atoms with Gasteiger partial charge in [0.15, 0.2) is 0 Å². The zero-order valence-electron chi connectivity index (χ0n) is 17.7. The number of nitrogens with one attached hydrogen (secondary N) is 3. The summed E-state index contributed by atoms with van der Waals surface area (Å²) in [4.78, 5) is 7.99. The SMILES string of the molecule is C=C(/C(=C\NC)NC(=C)C(CCC)CCC)c1nc2ccccc2[nH]1.CC. The third-order valence-electron chi connectivity index (χ3n) is 4.35. The number of aromatic amines is 1. The molecule has 0 radical (unpaired) electrons.